The number of pyridine rings is 1. The van der Waals surface area contributed by atoms with Gasteiger partial charge in [-0.25, -0.2) is 14.8 Å². The highest BCUT2D eigenvalue weighted by Crippen LogP contribution is 2.10. The van der Waals surface area contributed by atoms with E-state index in [4.69, 9.17) is 10.4 Å². The van der Waals surface area contributed by atoms with Crippen molar-refractivity contribution >= 4 is 23.2 Å². The molecule has 7 nitrogen and oxygen atoms in total. The smallest absolute Gasteiger partial charge is 0.355 e. The highest BCUT2D eigenvalue weighted by atomic mass is 32.1. The molecule has 0 fully saturated rings. The number of aromatic carboxylic acids is 1. The Bertz CT molecular complexity index is 748. The molecule has 0 aliphatic carbocycles. The molecule has 0 aromatic carbocycles. The number of carboxylic acids is 1. The summed E-state index contributed by atoms with van der Waals surface area (Å²) in [4.78, 5) is 30.5. The van der Waals surface area contributed by atoms with Crippen molar-refractivity contribution in [2.45, 2.75) is 13.5 Å². The van der Waals surface area contributed by atoms with Gasteiger partial charge in [0.2, 0.25) is 0 Å². The van der Waals surface area contributed by atoms with Gasteiger partial charge in [0.1, 0.15) is 16.8 Å². The Kier molecular flexibility index (Phi) is 4.25. The van der Waals surface area contributed by atoms with Crippen molar-refractivity contribution in [2.75, 3.05) is 0 Å². The van der Waals surface area contributed by atoms with E-state index in [0.29, 0.717) is 16.3 Å². The Morgan fingerprint density at radius 3 is 2.71 bits per heavy atom. The SMILES string of the molecule is Cc1nc(C(=O)NCc2nc(C(=O)O)cs2)ccc1C#N. The molecule has 106 valence electrons. The van der Waals surface area contributed by atoms with Crippen LogP contribution in [-0.4, -0.2) is 27.0 Å². The summed E-state index contributed by atoms with van der Waals surface area (Å²) in [7, 11) is 0. The molecule has 2 heterocycles. The highest BCUT2D eigenvalue weighted by Gasteiger charge is 2.12. The van der Waals surface area contributed by atoms with Crippen molar-refractivity contribution < 1.29 is 14.7 Å². The first kappa shape index (κ1) is 14.6. The van der Waals surface area contributed by atoms with Crippen molar-refractivity contribution in [3.63, 3.8) is 0 Å². The number of aryl methyl sites for hydroxylation is 1. The number of rotatable bonds is 4. The Morgan fingerprint density at radius 2 is 2.14 bits per heavy atom. The fourth-order valence-electron chi connectivity index (χ4n) is 1.54. The summed E-state index contributed by atoms with van der Waals surface area (Å²) in [5, 5.41) is 22.1. The molecule has 0 saturated heterocycles. The van der Waals surface area contributed by atoms with Crippen LogP contribution in [-0.2, 0) is 6.54 Å². The Hall–Kier alpha value is -2.79. The molecule has 2 N–H and O–H groups in total. The van der Waals surface area contributed by atoms with E-state index in [9.17, 15) is 9.59 Å². The van der Waals surface area contributed by atoms with Crippen molar-refractivity contribution in [2.24, 2.45) is 0 Å². The standard InChI is InChI=1S/C13H10N4O3S/c1-7-8(4-14)2-3-9(16-7)12(18)15-5-11-17-10(6-21-11)13(19)20/h2-3,6H,5H2,1H3,(H,15,18)(H,19,20). The van der Waals surface area contributed by atoms with Crippen LogP contribution in [0.15, 0.2) is 17.5 Å². The van der Waals surface area contributed by atoms with Crippen LogP contribution >= 0.6 is 11.3 Å². The average molecular weight is 302 g/mol. The fourth-order valence-corrected chi connectivity index (χ4v) is 2.25. The second-order valence-electron chi connectivity index (χ2n) is 4.06. The quantitative estimate of drug-likeness (QED) is 0.880. The number of nitrogens with zero attached hydrogens (tertiary/aromatic N) is 3. The lowest BCUT2D eigenvalue weighted by atomic mass is 10.2. The third-order valence-corrected chi connectivity index (χ3v) is 3.46. The summed E-state index contributed by atoms with van der Waals surface area (Å²) in [5.41, 5.74) is 1.04. The zero-order valence-electron chi connectivity index (χ0n) is 11.0. The van der Waals surface area contributed by atoms with E-state index in [1.165, 1.54) is 17.5 Å². The molecule has 2 rings (SSSR count). The summed E-state index contributed by atoms with van der Waals surface area (Å²) >= 11 is 1.15. The van der Waals surface area contributed by atoms with Crippen LogP contribution in [0.2, 0.25) is 0 Å². The normalized spacial score (nSPS) is 9.90. The second-order valence-corrected chi connectivity index (χ2v) is 5.00. The molecule has 0 radical (unpaired) electrons. The predicted molar refractivity (Wildman–Crippen MR) is 73.9 cm³/mol. The first-order valence-electron chi connectivity index (χ1n) is 5.85. The number of hydrogen-bond acceptors (Lipinski definition) is 6. The van der Waals surface area contributed by atoms with Crippen LogP contribution in [0.5, 0.6) is 0 Å². The maximum atomic E-state index is 11.9. The van der Waals surface area contributed by atoms with Gasteiger partial charge in [0.25, 0.3) is 5.91 Å². The summed E-state index contributed by atoms with van der Waals surface area (Å²) in [6, 6.07) is 4.97. The number of hydrogen-bond donors (Lipinski definition) is 2. The number of aromatic nitrogens is 2. The van der Waals surface area contributed by atoms with Crippen LogP contribution in [0.4, 0.5) is 0 Å². The number of carboxylic acid groups (broad SMARTS) is 1. The van der Waals surface area contributed by atoms with Gasteiger partial charge >= 0.3 is 5.97 Å². The van der Waals surface area contributed by atoms with Crippen LogP contribution in [0.1, 0.15) is 37.2 Å². The molecule has 0 bridgehead atoms. The fraction of sp³-hybridized carbons (Fsp3) is 0.154. The van der Waals surface area contributed by atoms with E-state index in [1.54, 1.807) is 6.92 Å². The molecule has 0 unspecified atom stereocenters. The first-order valence-corrected chi connectivity index (χ1v) is 6.73. The molecule has 0 saturated carbocycles. The van der Waals surface area contributed by atoms with Crippen LogP contribution < -0.4 is 5.32 Å². The summed E-state index contributed by atoms with van der Waals surface area (Å²) in [6.45, 7) is 1.77. The minimum Gasteiger partial charge on any atom is -0.476 e. The largest absolute Gasteiger partial charge is 0.476 e. The molecule has 2 aromatic rings. The summed E-state index contributed by atoms with van der Waals surface area (Å²) < 4.78 is 0. The van der Waals surface area contributed by atoms with Crippen LogP contribution in [0.3, 0.4) is 0 Å². The molecule has 1 amide bonds. The van der Waals surface area contributed by atoms with Gasteiger partial charge in [-0.15, -0.1) is 11.3 Å². The molecule has 0 aliphatic rings. The topological polar surface area (TPSA) is 116 Å². The third-order valence-electron chi connectivity index (χ3n) is 2.61. The molecule has 0 aliphatic heterocycles. The second kappa shape index (κ2) is 6.11. The van der Waals surface area contributed by atoms with Gasteiger partial charge in [0, 0.05) is 5.38 Å². The number of carbonyl (C=O) groups excluding carboxylic acids is 1. The highest BCUT2D eigenvalue weighted by molar-refractivity contribution is 7.09. The van der Waals surface area contributed by atoms with Gasteiger partial charge < -0.3 is 10.4 Å². The number of nitriles is 1. The third kappa shape index (κ3) is 3.40. The number of amides is 1. The van der Waals surface area contributed by atoms with Gasteiger partial charge in [-0.05, 0) is 19.1 Å². The van der Waals surface area contributed by atoms with Crippen molar-refractivity contribution in [1.29, 1.82) is 5.26 Å². The molecule has 8 heteroatoms. The number of carbonyl (C=O) groups is 2. The molecular formula is C13H10N4O3S. The number of thiazole rings is 1. The van der Waals surface area contributed by atoms with Crippen molar-refractivity contribution in [3.05, 3.63) is 45.2 Å². The molecule has 2 aromatic heterocycles. The van der Waals surface area contributed by atoms with Gasteiger partial charge in [-0.2, -0.15) is 5.26 Å². The van der Waals surface area contributed by atoms with E-state index in [1.807, 2.05) is 6.07 Å². The lowest BCUT2D eigenvalue weighted by molar-refractivity contribution is 0.0691. The zero-order chi connectivity index (χ0) is 15.4. The van der Waals surface area contributed by atoms with E-state index in [0.717, 1.165) is 11.3 Å². The van der Waals surface area contributed by atoms with E-state index in [-0.39, 0.29) is 17.9 Å². The van der Waals surface area contributed by atoms with Gasteiger partial charge in [-0.1, -0.05) is 0 Å². The van der Waals surface area contributed by atoms with E-state index < -0.39 is 11.9 Å². The van der Waals surface area contributed by atoms with Crippen LogP contribution in [0, 0.1) is 18.3 Å². The monoisotopic (exact) mass is 302 g/mol. The minimum atomic E-state index is -1.10. The Labute approximate surface area is 123 Å². The first-order chi connectivity index (χ1) is 10.0. The van der Waals surface area contributed by atoms with Crippen molar-refractivity contribution in [1.82, 2.24) is 15.3 Å². The lowest BCUT2D eigenvalue weighted by Gasteiger charge is -2.04. The molecule has 0 spiro atoms. The molecule has 0 atom stereocenters. The average Bonchev–Trinajstić information content (AvgIpc) is 2.93. The molecule has 21 heavy (non-hydrogen) atoms. The van der Waals surface area contributed by atoms with Gasteiger partial charge in [-0.3, -0.25) is 4.79 Å². The zero-order valence-corrected chi connectivity index (χ0v) is 11.8. The molecular weight excluding hydrogens is 292 g/mol. The Balaban J connectivity index is 2.03. The Morgan fingerprint density at radius 1 is 1.38 bits per heavy atom. The van der Waals surface area contributed by atoms with Crippen LogP contribution in [0.25, 0.3) is 0 Å². The van der Waals surface area contributed by atoms with Gasteiger partial charge in [0.15, 0.2) is 5.69 Å². The lowest BCUT2D eigenvalue weighted by Crippen LogP contribution is -2.24. The van der Waals surface area contributed by atoms with Gasteiger partial charge in [0.05, 0.1) is 17.8 Å². The summed E-state index contributed by atoms with van der Waals surface area (Å²) in [5.74, 6) is -1.51. The predicted octanol–water partition coefficient (Wildman–Crippen LogP) is 1.35. The maximum absolute atomic E-state index is 11.9. The van der Waals surface area contributed by atoms with Crippen molar-refractivity contribution in [3.8, 4) is 6.07 Å². The summed E-state index contributed by atoms with van der Waals surface area (Å²) in [6.07, 6.45) is 0. The maximum Gasteiger partial charge on any atom is 0.355 e. The van der Waals surface area contributed by atoms with E-state index >= 15 is 0 Å². The number of nitrogens with one attached hydrogen (secondary N) is 1. The minimum absolute atomic E-state index is 0.0448. The van der Waals surface area contributed by atoms with E-state index in [2.05, 4.69) is 15.3 Å².